The first-order valence-electron chi connectivity index (χ1n) is 5.42. The summed E-state index contributed by atoms with van der Waals surface area (Å²) in [4.78, 5) is 13.9. The fourth-order valence-corrected chi connectivity index (χ4v) is 2.31. The minimum absolute atomic E-state index is 0.0975. The molecule has 0 aliphatic carbocycles. The molecule has 92 valence electrons. The highest BCUT2D eigenvalue weighted by Crippen LogP contribution is 2.25. The first-order valence-corrected chi connectivity index (χ1v) is 6.22. The van der Waals surface area contributed by atoms with Crippen LogP contribution < -0.4 is 4.74 Å². The van der Waals surface area contributed by atoms with E-state index in [1.165, 1.54) is 0 Å². The average molecular weight is 300 g/mol. The number of carbonyl (C=O) groups excluding carboxylic acids is 1. The monoisotopic (exact) mass is 299 g/mol. The largest absolute Gasteiger partial charge is 0.496 e. The molecule has 1 aliphatic rings. The number of benzene rings is 1. The van der Waals surface area contributed by atoms with Crippen LogP contribution in [0.25, 0.3) is 0 Å². The van der Waals surface area contributed by atoms with Crippen LogP contribution in [0.15, 0.2) is 22.7 Å². The highest BCUT2D eigenvalue weighted by Gasteiger charge is 2.27. The van der Waals surface area contributed by atoms with Gasteiger partial charge in [-0.1, -0.05) is 15.9 Å². The van der Waals surface area contributed by atoms with E-state index in [4.69, 9.17) is 4.74 Å². The third-order valence-corrected chi connectivity index (χ3v) is 3.34. The highest BCUT2D eigenvalue weighted by atomic mass is 79.9. The number of likely N-dealkylation sites (tertiary alicyclic amines) is 1. The summed E-state index contributed by atoms with van der Waals surface area (Å²) in [5.41, 5.74) is 0.524. The van der Waals surface area contributed by atoms with Crippen molar-refractivity contribution in [2.45, 2.75) is 12.5 Å². The topological polar surface area (TPSA) is 49.8 Å². The van der Waals surface area contributed by atoms with E-state index in [9.17, 15) is 9.90 Å². The van der Waals surface area contributed by atoms with Crippen LogP contribution in [-0.2, 0) is 0 Å². The predicted octanol–water partition coefficient (Wildman–Crippen LogP) is 1.66. The van der Waals surface area contributed by atoms with Gasteiger partial charge in [-0.2, -0.15) is 0 Å². The van der Waals surface area contributed by atoms with Gasteiger partial charge < -0.3 is 14.7 Å². The average Bonchev–Trinajstić information content (AvgIpc) is 2.75. The molecule has 1 aromatic carbocycles. The molecule has 5 heteroatoms. The van der Waals surface area contributed by atoms with Gasteiger partial charge in [0, 0.05) is 17.6 Å². The Hall–Kier alpha value is -1.07. The molecule has 1 amide bonds. The molecule has 0 spiro atoms. The summed E-state index contributed by atoms with van der Waals surface area (Å²) in [6.45, 7) is 0.990. The molecule has 1 aliphatic heterocycles. The van der Waals surface area contributed by atoms with E-state index in [1.807, 2.05) is 6.07 Å². The van der Waals surface area contributed by atoms with Crippen LogP contribution >= 0.6 is 15.9 Å². The van der Waals surface area contributed by atoms with E-state index < -0.39 is 6.10 Å². The van der Waals surface area contributed by atoms with Gasteiger partial charge in [-0.05, 0) is 24.6 Å². The normalized spacial score (nSPS) is 19.5. The molecule has 1 heterocycles. The van der Waals surface area contributed by atoms with Crippen molar-refractivity contribution < 1.29 is 14.6 Å². The Morgan fingerprint density at radius 2 is 2.35 bits per heavy atom. The standard InChI is InChI=1S/C12H14BrNO3/c1-17-11-3-2-8(13)6-10(11)12(16)14-5-4-9(15)7-14/h2-3,6,9,15H,4-5,7H2,1H3. The third kappa shape index (κ3) is 2.61. The minimum atomic E-state index is -0.405. The van der Waals surface area contributed by atoms with Crippen molar-refractivity contribution in [1.82, 2.24) is 4.90 Å². The van der Waals surface area contributed by atoms with Crippen molar-refractivity contribution in [2.75, 3.05) is 20.2 Å². The van der Waals surface area contributed by atoms with Gasteiger partial charge in [-0.25, -0.2) is 0 Å². The Bertz CT molecular complexity index is 436. The summed E-state index contributed by atoms with van der Waals surface area (Å²) >= 11 is 3.34. The smallest absolute Gasteiger partial charge is 0.257 e. The highest BCUT2D eigenvalue weighted by molar-refractivity contribution is 9.10. The quantitative estimate of drug-likeness (QED) is 0.904. The summed E-state index contributed by atoms with van der Waals surface area (Å²) in [7, 11) is 1.54. The van der Waals surface area contributed by atoms with Crippen LogP contribution in [0.4, 0.5) is 0 Å². The number of amides is 1. The number of carbonyl (C=O) groups is 1. The van der Waals surface area contributed by atoms with Gasteiger partial charge in [-0.15, -0.1) is 0 Å². The van der Waals surface area contributed by atoms with Crippen LogP contribution in [0, 0.1) is 0 Å². The third-order valence-electron chi connectivity index (χ3n) is 2.84. The zero-order valence-electron chi connectivity index (χ0n) is 9.52. The maximum absolute atomic E-state index is 12.2. The number of nitrogens with zero attached hydrogens (tertiary/aromatic N) is 1. The second kappa shape index (κ2) is 5.06. The molecule has 1 atom stereocenters. The number of ether oxygens (including phenoxy) is 1. The van der Waals surface area contributed by atoms with Crippen LogP contribution in [0.2, 0.25) is 0 Å². The first-order chi connectivity index (χ1) is 8.11. The molecule has 0 radical (unpaired) electrons. The molecule has 0 saturated carbocycles. The zero-order valence-corrected chi connectivity index (χ0v) is 11.1. The van der Waals surface area contributed by atoms with Crippen LogP contribution in [0.1, 0.15) is 16.8 Å². The van der Waals surface area contributed by atoms with Crippen LogP contribution in [0.5, 0.6) is 5.75 Å². The maximum atomic E-state index is 12.2. The van der Waals surface area contributed by atoms with Crippen molar-refractivity contribution in [2.24, 2.45) is 0 Å². The molecule has 1 N–H and O–H groups in total. The molecule has 1 aromatic rings. The second-order valence-corrected chi connectivity index (χ2v) is 4.95. The van der Waals surface area contributed by atoms with Crippen molar-refractivity contribution in [3.8, 4) is 5.75 Å². The Morgan fingerprint density at radius 3 is 2.94 bits per heavy atom. The molecule has 17 heavy (non-hydrogen) atoms. The maximum Gasteiger partial charge on any atom is 0.257 e. The van der Waals surface area contributed by atoms with Crippen LogP contribution in [0.3, 0.4) is 0 Å². The Balaban J connectivity index is 2.26. The lowest BCUT2D eigenvalue weighted by atomic mass is 10.2. The molecule has 1 fully saturated rings. The molecule has 1 saturated heterocycles. The summed E-state index contributed by atoms with van der Waals surface area (Å²) in [5, 5.41) is 9.44. The van der Waals surface area contributed by atoms with Crippen molar-refractivity contribution in [3.63, 3.8) is 0 Å². The predicted molar refractivity (Wildman–Crippen MR) is 67.2 cm³/mol. The lowest BCUT2D eigenvalue weighted by Gasteiger charge is -2.17. The zero-order chi connectivity index (χ0) is 12.4. The van der Waals surface area contributed by atoms with Crippen LogP contribution in [-0.4, -0.2) is 42.2 Å². The van der Waals surface area contributed by atoms with Gasteiger partial charge in [-0.3, -0.25) is 4.79 Å². The Morgan fingerprint density at radius 1 is 1.59 bits per heavy atom. The number of hydrogen-bond acceptors (Lipinski definition) is 3. The summed E-state index contributed by atoms with van der Waals surface area (Å²) in [5.74, 6) is 0.458. The SMILES string of the molecule is COc1ccc(Br)cc1C(=O)N1CCC(O)C1. The van der Waals surface area contributed by atoms with Gasteiger partial charge in [0.2, 0.25) is 0 Å². The second-order valence-electron chi connectivity index (χ2n) is 4.04. The molecule has 0 aromatic heterocycles. The van der Waals surface area contributed by atoms with E-state index >= 15 is 0 Å². The van der Waals surface area contributed by atoms with E-state index in [1.54, 1.807) is 24.1 Å². The van der Waals surface area contributed by atoms with E-state index in [-0.39, 0.29) is 5.91 Å². The summed E-state index contributed by atoms with van der Waals surface area (Å²) in [6.07, 6.45) is 0.235. The molecule has 2 rings (SSSR count). The van der Waals surface area contributed by atoms with Gasteiger partial charge >= 0.3 is 0 Å². The number of aliphatic hydroxyl groups is 1. The number of β-amino-alcohol motifs (C(OH)–C–C–N with tert-alkyl or cyclic N) is 1. The van der Waals surface area contributed by atoms with Gasteiger partial charge in [0.1, 0.15) is 5.75 Å². The fourth-order valence-electron chi connectivity index (χ4n) is 1.94. The summed E-state index contributed by atoms with van der Waals surface area (Å²) < 4.78 is 6.01. The Labute approximate surface area is 108 Å². The number of rotatable bonds is 2. The molecule has 0 bridgehead atoms. The number of halogens is 1. The van der Waals surface area contributed by atoms with Gasteiger partial charge in [0.25, 0.3) is 5.91 Å². The molecular weight excluding hydrogens is 286 g/mol. The Kier molecular flexibility index (Phi) is 3.69. The number of methoxy groups -OCH3 is 1. The van der Waals surface area contributed by atoms with Crippen molar-refractivity contribution in [1.29, 1.82) is 0 Å². The van der Waals surface area contributed by atoms with Crippen molar-refractivity contribution >= 4 is 21.8 Å². The first kappa shape index (κ1) is 12.4. The van der Waals surface area contributed by atoms with E-state index in [2.05, 4.69) is 15.9 Å². The number of aliphatic hydroxyl groups excluding tert-OH is 1. The molecular formula is C12H14BrNO3. The lowest BCUT2D eigenvalue weighted by Crippen LogP contribution is -2.29. The fraction of sp³-hybridized carbons (Fsp3) is 0.417. The van der Waals surface area contributed by atoms with E-state index in [0.29, 0.717) is 30.8 Å². The minimum Gasteiger partial charge on any atom is -0.496 e. The van der Waals surface area contributed by atoms with Crippen molar-refractivity contribution in [3.05, 3.63) is 28.2 Å². The summed E-state index contributed by atoms with van der Waals surface area (Å²) in [6, 6.07) is 5.32. The molecule has 1 unspecified atom stereocenters. The molecule has 4 nitrogen and oxygen atoms in total. The van der Waals surface area contributed by atoms with Gasteiger partial charge in [0.05, 0.1) is 18.8 Å². The van der Waals surface area contributed by atoms with Gasteiger partial charge in [0.15, 0.2) is 0 Å². The number of hydrogen-bond donors (Lipinski definition) is 1. The van der Waals surface area contributed by atoms with E-state index in [0.717, 1.165) is 4.47 Å². The lowest BCUT2D eigenvalue weighted by molar-refractivity contribution is 0.0761.